The number of phenols is 1. The molecule has 1 radical (unpaired) electrons. The summed E-state index contributed by atoms with van der Waals surface area (Å²) in [5.41, 5.74) is 4.71. The molecule has 3 heterocycles. The van der Waals surface area contributed by atoms with E-state index in [0.717, 1.165) is 38.9 Å². The summed E-state index contributed by atoms with van der Waals surface area (Å²) in [5.74, 6) is 1.84. The topological polar surface area (TPSA) is 60.2 Å². The molecule has 0 bridgehead atoms. The first-order chi connectivity index (χ1) is 19.2. The number of pyridine rings is 2. The molecule has 7 heteroatoms. The number of phenolic OH excluding ortho intramolecular Hbond substituents is 1. The van der Waals surface area contributed by atoms with E-state index in [0.29, 0.717) is 22.9 Å². The van der Waals surface area contributed by atoms with E-state index in [9.17, 15) is 5.11 Å². The van der Waals surface area contributed by atoms with Gasteiger partial charge in [-0.25, -0.2) is 22.7 Å². The number of ether oxygens (including phenoxy) is 1. The van der Waals surface area contributed by atoms with Gasteiger partial charge in [0.15, 0.2) is 0 Å². The molecule has 7 aromatic rings. The van der Waals surface area contributed by atoms with E-state index in [1.165, 1.54) is 0 Å². The normalized spacial score (nSPS) is 10.6. The fraction of sp³-hybridized carbons (Fsp3) is 0. The van der Waals surface area contributed by atoms with Crippen LogP contribution in [0.2, 0.25) is 0 Å². The molecule has 0 saturated carbocycles. The van der Waals surface area contributed by atoms with Crippen molar-refractivity contribution >= 4 is 21.8 Å². The predicted octanol–water partition coefficient (Wildman–Crippen LogP) is 7.80. The Hall–Kier alpha value is -3.63. The van der Waals surface area contributed by atoms with Crippen molar-refractivity contribution in [1.82, 2.24) is 14.5 Å². The van der Waals surface area contributed by atoms with Crippen molar-refractivity contribution < 1.29 is 63.6 Å². The predicted molar refractivity (Wildman–Crippen MR) is 152 cm³/mol. The fourth-order valence-electron chi connectivity index (χ4n) is 4.78. The summed E-state index contributed by atoms with van der Waals surface area (Å²) < 4.78 is 8.26. The van der Waals surface area contributed by atoms with Gasteiger partial charge in [0.05, 0.1) is 11.5 Å². The number of nitrogens with zero attached hydrogens (tertiary/aromatic N) is 3. The standard InChI is InChI=1S/C34H20N3O2.Pt.Y/c38-32-17-7-5-13-27(32)29-15-9-19-34(36-29)39-24-20-21-26-25-12-4-6-16-30(25)37(31(26)22-24)33-18-8-14-28(35-33)23-10-2-1-3-11-23;;/h1-10,12-13,15-21,38H;;/q-3;;. The van der Waals surface area contributed by atoms with E-state index < -0.39 is 0 Å². The monoisotopic (exact) mass is 786 g/mol. The number of rotatable bonds is 5. The van der Waals surface area contributed by atoms with E-state index >= 15 is 0 Å². The first-order valence-electron chi connectivity index (χ1n) is 12.5. The van der Waals surface area contributed by atoms with Gasteiger partial charge in [0, 0.05) is 76.7 Å². The maximum Gasteiger partial charge on any atom is 0.217 e. The molecule has 5 nitrogen and oxygen atoms in total. The minimum atomic E-state index is 0. The van der Waals surface area contributed by atoms with Crippen LogP contribution in [-0.2, 0) is 53.8 Å². The summed E-state index contributed by atoms with van der Waals surface area (Å²) in [5, 5.41) is 12.4. The minimum absolute atomic E-state index is 0. The van der Waals surface area contributed by atoms with Crippen LogP contribution in [0.25, 0.3) is 50.1 Å². The van der Waals surface area contributed by atoms with Gasteiger partial charge in [-0.1, -0.05) is 41.9 Å². The maximum absolute atomic E-state index is 10.3. The number of para-hydroxylation sites is 2. The van der Waals surface area contributed by atoms with Crippen molar-refractivity contribution in [3.8, 4) is 45.7 Å². The SMILES string of the molecule is Oc1ccccc1-c1cccc(Oc2[c-]c3c(cc2)c2ccccc2n3-c2cc[c-]c(-c3[c-]cccc3)n2)n1.[Pt].[Y]. The van der Waals surface area contributed by atoms with Gasteiger partial charge in [0.2, 0.25) is 5.88 Å². The molecular weight excluding hydrogens is 766 g/mol. The Kier molecular flexibility index (Phi) is 8.80. The number of hydrogen-bond acceptors (Lipinski definition) is 4. The van der Waals surface area contributed by atoms with E-state index in [4.69, 9.17) is 9.72 Å². The summed E-state index contributed by atoms with van der Waals surface area (Å²) in [6, 6.07) is 46.2. The van der Waals surface area contributed by atoms with Gasteiger partial charge in [0.1, 0.15) is 5.75 Å². The van der Waals surface area contributed by atoms with E-state index in [1.54, 1.807) is 18.2 Å². The zero-order valence-electron chi connectivity index (χ0n) is 21.6. The largest absolute Gasteiger partial charge is 0.507 e. The second-order valence-electron chi connectivity index (χ2n) is 8.99. The Morgan fingerprint density at radius 2 is 1.54 bits per heavy atom. The van der Waals surface area contributed by atoms with Gasteiger partial charge in [-0.15, -0.1) is 35.3 Å². The Morgan fingerprint density at radius 1 is 0.707 bits per heavy atom. The number of aromatic nitrogens is 3. The summed E-state index contributed by atoms with van der Waals surface area (Å²) in [6.07, 6.45) is 0. The van der Waals surface area contributed by atoms with Crippen molar-refractivity contribution in [1.29, 1.82) is 0 Å². The van der Waals surface area contributed by atoms with Crippen LogP contribution in [0.1, 0.15) is 0 Å². The summed E-state index contributed by atoms with van der Waals surface area (Å²) in [4.78, 5) is 9.55. The van der Waals surface area contributed by atoms with Gasteiger partial charge >= 0.3 is 0 Å². The number of fused-ring (bicyclic) bond motifs is 3. The smallest absolute Gasteiger partial charge is 0.217 e. The van der Waals surface area contributed by atoms with Gasteiger partial charge in [0.25, 0.3) is 0 Å². The molecule has 199 valence electrons. The molecule has 0 fully saturated rings. The average Bonchev–Trinajstić information content (AvgIpc) is 3.32. The van der Waals surface area contributed by atoms with Gasteiger partial charge < -0.3 is 19.4 Å². The molecule has 0 saturated heterocycles. The molecule has 7 rings (SSSR count). The molecule has 3 aromatic heterocycles. The average molecular weight is 787 g/mol. The van der Waals surface area contributed by atoms with Crippen molar-refractivity contribution in [2.24, 2.45) is 0 Å². The molecule has 41 heavy (non-hydrogen) atoms. The van der Waals surface area contributed by atoms with Crippen LogP contribution < -0.4 is 4.74 Å². The van der Waals surface area contributed by atoms with Crippen LogP contribution in [-0.4, -0.2) is 19.6 Å². The van der Waals surface area contributed by atoms with Gasteiger partial charge in [-0.3, -0.25) is 0 Å². The van der Waals surface area contributed by atoms with Gasteiger partial charge in [-0.2, -0.15) is 30.3 Å². The number of hydrogen-bond donors (Lipinski definition) is 1. The molecule has 0 spiro atoms. The van der Waals surface area contributed by atoms with Crippen LogP contribution in [0.15, 0.2) is 115 Å². The molecule has 4 aromatic carbocycles. The van der Waals surface area contributed by atoms with Gasteiger partial charge in [-0.05, 0) is 29.7 Å². The van der Waals surface area contributed by atoms with Crippen LogP contribution in [0, 0.1) is 18.2 Å². The van der Waals surface area contributed by atoms with Crippen LogP contribution in [0.3, 0.4) is 0 Å². The number of aromatic hydroxyl groups is 1. The van der Waals surface area contributed by atoms with Crippen molar-refractivity contribution in [2.45, 2.75) is 0 Å². The molecule has 0 aliphatic carbocycles. The molecule has 0 unspecified atom stereocenters. The van der Waals surface area contributed by atoms with Crippen LogP contribution in [0.5, 0.6) is 17.4 Å². The first kappa shape index (κ1) is 28.9. The number of benzene rings is 4. The summed E-state index contributed by atoms with van der Waals surface area (Å²) in [7, 11) is 0. The van der Waals surface area contributed by atoms with Crippen molar-refractivity contribution in [2.75, 3.05) is 0 Å². The molecule has 1 N–H and O–H groups in total. The third-order valence-corrected chi connectivity index (χ3v) is 6.55. The molecule has 0 aliphatic rings. The minimum Gasteiger partial charge on any atom is -0.507 e. The molecule has 0 atom stereocenters. The van der Waals surface area contributed by atoms with E-state index in [1.807, 2.05) is 84.9 Å². The first-order valence-corrected chi connectivity index (χ1v) is 12.5. The molecule has 0 amide bonds. The summed E-state index contributed by atoms with van der Waals surface area (Å²) in [6.45, 7) is 0. The third-order valence-electron chi connectivity index (χ3n) is 6.55. The zero-order chi connectivity index (χ0) is 26.2. The Morgan fingerprint density at radius 3 is 2.39 bits per heavy atom. The maximum atomic E-state index is 10.3. The van der Waals surface area contributed by atoms with Crippen LogP contribution >= 0.6 is 0 Å². The Bertz CT molecular complexity index is 1970. The van der Waals surface area contributed by atoms with Crippen molar-refractivity contribution in [3.05, 3.63) is 133 Å². The third kappa shape index (κ3) is 5.63. The Balaban J connectivity index is 0.00000169. The second kappa shape index (κ2) is 12.5. The van der Waals surface area contributed by atoms with E-state index in [-0.39, 0.29) is 59.5 Å². The van der Waals surface area contributed by atoms with Crippen molar-refractivity contribution in [3.63, 3.8) is 0 Å². The quantitative estimate of drug-likeness (QED) is 0.181. The fourth-order valence-corrected chi connectivity index (χ4v) is 4.78. The Labute approximate surface area is 277 Å². The molecule has 0 aliphatic heterocycles. The zero-order valence-corrected chi connectivity index (χ0v) is 26.7. The van der Waals surface area contributed by atoms with E-state index in [2.05, 4.69) is 39.9 Å². The van der Waals surface area contributed by atoms with Crippen LogP contribution in [0.4, 0.5) is 0 Å². The second-order valence-corrected chi connectivity index (χ2v) is 8.99. The molecular formula is C34H20N3O2PtY-3. The summed E-state index contributed by atoms with van der Waals surface area (Å²) >= 11 is 0.